The van der Waals surface area contributed by atoms with E-state index >= 15 is 0 Å². The van der Waals surface area contributed by atoms with Crippen LogP contribution in [0, 0.1) is 0 Å². The van der Waals surface area contributed by atoms with Gasteiger partial charge in [0.2, 0.25) is 0 Å². The third-order valence-corrected chi connectivity index (χ3v) is 12.5. The zero-order valence-electron chi connectivity index (χ0n) is 8.21. The van der Waals surface area contributed by atoms with E-state index in [9.17, 15) is 14.7 Å². The van der Waals surface area contributed by atoms with Crippen LogP contribution in [-0.2, 0) is 9.59 Å². The van der Waals surface area contributed by atoms with Gasteiger partial charge < -0.3 is 0 Å². The van der Waals surface area contributed by atoms with Crippen LogP contribution >= 0.6 is 0 Å². The van der Waals surface area contributed by atoms with Gasteiger partial charge in [-0.2, -0.15) is 0 Å². The van der Waals surface area contributed by atoms with Crippen molar-refractivity contribution >= 4 is 37.1 Å². The predicted molar refractivity (Wildman–Crippen MR) is 55.6 cm³/mol. The second-order valence-electron chi connectivity index (χ2n) is 2.89. The van der Waals surface area contributed by atoms with Crippen LogP contribution in [0.4, 0.5) is 0 Å². The Morgan fingerprint density at radius 1 is 1.47 bits per heavy atom. The van der Waals surface area contributed by atoms with Crippen molar-refractivity contribution in [2.45, 2.75) is 28.5 Å². The molecule has 6 nitrogen and oxygen atoms in total. The zero-order valence-corrected chi connectivity index (χ0v) is 11.6. The summed E-state index contributed by atoms with van der Waals surface area (Å²) in [5, 5.41) is 19.7. The fourth-order valence-corrected chi connectivity index (χ4v) is 10.1. The average molecular weight is 348 g/mol. The van der Waals surface area contributed by atoms with E-state index < -0.39 is 36.1 Å². The molecule has 0 aromatic rings. The molecular weight excluding hydrogens is 334 g/mol. The Labute approximate surface area is 97.0 Å². The standard InChI is InChI=1S/C7H14N2O4Se2/c1-15(3-5(9)7(12)13)14-2-4(8)6(10)11/h4-5H,2-3,8-9H2,1H3,(H-,10,11,12,13)/t4-,5-,15?/m0/s1. The summed E-state index contributed by atoms with van der Waals surface area (Å²) in [5.74, 6) is -0.305. The fourth-order valence-electron chi connectivity index (χ4n) is 0.630. The van der Waals surface area contributed by atoms with Gasteiger partial charge in [-0.15, -0.1) is 0 Å². The molecule has 1 unspecified atom stereocenters. The summed E-state index contributed by atoms with van der Waals surface area (Å²) in [4.78, 5) is 20.8. The van der Waals surface area contributed by atoms with Crippen LogP contribution in [0.1, 0.15) is 0 Å². The minimum absolute atomic E-state index is 0.102. The fraction of sp³-hybridized carbons (Fsp3) is 0.714. The van der Waals surface area contributed by atoms with Crippen LogP contribution in [0.15, 0.2) is 0 Å². The van der Waals surface area contributed by atoms with Gasteiger partial charge in [0.25, 0.3) is 0 Å². The quantitative estimate of drug-likeness (QED) is 0.427. The van der Waals surface area contributed by atoms with Gasteiger partial charge in [-0.1, -0.05) is 0 Å². The van der Waals surface area contributed by atoms with Crippen LogP contribution in [0.2, 0.25) is 16.5 Å². The van der Waals surface area contributed by atoms with Crippen LogP contribution < -0.4 is 16.6 Å². The monoisotopic (exact) mass is 350 g/mol. The predicted octanol–water partition coefficient (Wildman–Crippen LogP) is -2.78. The van der Waals surface area contributed by atoms with E-state index in [0.717, 1.165) is 0 Å². The molecule has 0 spiro atoms. The van der Waals surface area contributed by atoms with Crippen molar-refractivity contribution in [3.05, 3.63) is 0 Å². The number of carbonyl (C=O) groups excluding carboxylic acids is 1. The normalized spacial score (nSPS) is 16.7. The van der Waals surface area contributed by atoms with Crippen molar-refractivity contribution in [1.82, 2.24) is 0 Å². The van der Waals surface area contributed by atoms with Crippen molar-refractivity contribution in [1.29, 1.82) is 0 Å². The third kappa shape index (κ3) is 6.89. The maximum absolute atomic E-state index is 10.4. The first-order valence-electron chi connectivity index (χ1n) is 4.05. The Kier molecular flexibility index (Phi) is 7.17. The third-order valence-electron chi connectivity index (χ3n) is 1.48. The number of carbonyl (C=O) groups is 2. The van der Waals surface area contributed by atoms with E-state index in [1.807, 2.05) is 5.82 Å². The summed E-state index contributed by atoms with van der Waals surface area (Å²) >= 11 is -1.01. The van der Waals surface area contributed by atoms with Crippen molar-refractivity contribution in [3.8, 4) is 0 Å². The Morgan fingerprint density at radius 2 is 2.00 bits per heavy atom. The first-order valence-corrected chi connectivity index (χ1v) is 12.5. The number of nitrogens with two attached hydrogens (primary N) is 2. The number of aliphatic carboxylic acids is 2. The molecule has 0 radical (unpaired) electrons. The zero-order chi connectivity index (χ0) is 12.0. The van der Waals surface area contributed by atoms with Crippen LogP contribution in [0.25, 0.3) is 0 Å². The van der Waals surface area contributed by atoms with E-state index in [2.05, 4.69) is 0 Å². The molecule has 5 N–H and O–H groups in total. The number of carboxylic acids is 2. The van der Waals surface area contributed by atoms with E-state index in [4.69, 9.17) is 16.6 Å². The summed E-state index contributed by atoms with van der Waals surface area (Å²) in [5.41, 5.74) is 10.6. The minimum atomic E-state index is -1.25. The molecule has 15 heavy (non-hydrogen) atoms. The van der Waals surface area contributed by atoms with Crippen molar-refractivity contribution in [2.24, 2.45) is 11.5 Å². The number of hydrogen-bond donors (Lipinski definition) is 3. The molecule has 3 atom stereocenters. The Hall–Kier alpha value is -0.101. The van der Waals surface area contributed by atoms with Gasteiger partial charge in [0.1, 0.15) is 0 Å². The summed E-state index contributed by atoms with van der Waals surface area (Å²) in [6.07, 6.45) is 0. The number of rotatable bonds is 7. The van der Waals surface area contributed by atoms with Gasteiger partial charge in [-0.25, -0.2) is 0 Å². The maximum atomic E-state index is 10.4. The van der Waals surface area contributed by atoms with Gasteiger partial charge in [0.05, 0.1) is 0 Å². The molecule has 0 saturated heterocycles. The van der Waals surface area contributed by atoms with Gasteiger partial charge in [-0.3, -0.25) is 0 Å². The molecule has 0 aromatic heterocycles. The molecule has 0 bridgehead atoms. The van der Waals surface area contributed by atoms with E-state index in [-0.39, 0.29) is 13.1 Å². The van der Waals surface area contributed by atoms with E-state index in [1.54, 1.807) is 0 Å². The Morgan fingerprint density at radius 3 is 2.40 bits per heavy atom. The molecule has 0 aliphatic carbocycles. The summed E-state index contributed by atoms with van der Waals surface area (Å²) < 4.78 is 0. The van der Waals surface area contributed by atoms with Crippen molar-refractivity contribution in [3.63, 3.8) is 0 Å². The topological polar surface area (TPSA) is 129 Å². The van der Waals surface area contributed by atoms with Crippen LogP contribution in [0.3, 0.4) is 0 Å². The first-order chi connectivity index (χ1) is 6.84. The molecular formula is C7H14N2O4Se2. The Balaban J connectivity index is 3.79. The second-order valence-corrected chi connectivity index (χ2v) is 16.0. The number of carboxylic acid groups (broad SMARTS) is 2. The molecule has 0 aliphatic rings. The summed E-state index contributed by atoms with van der Waals surface area (Å²) in [6.45, 7) is 0. The molecule has 0 amide bonds. The molecule has 0 rings (SSSR count). The van der Waals surface area contributed by atoms with Gasteiger partial charge >= 0.3 is 97.0 Å². The van der Waals surface area contributed by atoms with Crippen molar-refractivity contribution < 1.29 is 19.8 Å². The molecule has 8 heteroatoms. The first kappa shape index (κ1) is 14.9. The Bertz CT molecular complexity index is 239. The van der Waals surface area contributed by atoms with Gasteiger partial charge in [0.15, 0.2) is 0 Å². The molecule has 0 heterocycles. The molecule has 88 valence electrons. The van der Waals surface area contributed by atoms with Crippen molar-refractivity contribution in [2.75, 3.05) is 0 Å². The summed E-state index contributed by atoms with van der Waals surface area (Å²) in [7, 11) is 0. The average Bonchev–Trinajstić information content (AvgIpc) is 2.13. The molecule has 0 aromatic carbocycles. The van der Waals surface area contributed by atoms with Crippen LogP contribution in [-0.4, -0.2) is 54.3 Å². The summed E-state index contributed by atoms with van der Waals surface area (Å²) in [6, 6.07) is -1.77. The van der Waals surface area contributed by atoms with E-state index in [0.29, 0.717) is 10.6 Å². The second kappa shape index (κ2) is 7.22. The van der Waals surface area contributed by atoms with E-state index in [1.165, 1.54) is 0 Å². The molecule has 0 aliphatic heterocycles. The van der Waals surface area contributed by atoms with Gasteiger partial charge in [-0.05, 0) is 0 Å². The number of hydrogen-bond acceptors (Lipinski definition) is 5. The molecule has 0 saturated carbocycles. The SMILES string of the molecule is C[Se+](C[C@H](N)C(=O)[O-])[Se]C[C@H](N)C(=O)O. The molecule has 0 fully saturated rings. The van der Waals surface area contributed by atoms with Crippen LogP contribution in [0.5, 0.6) is 0 Å². The van der Waals surface area contributed by atoms with Gasteiger partial charge in [0, 0.05) is 0 Å².